The van der Waals surface area contributed by atoms with Crippen LogP contribution in [0.1, 0.15) is 24.1 Å². The van der Waals surface area contributed by atoms with E-state index in [1.54, 1.807) is 43.3 Å². The number of rotatable bonds is 9. The van der Waals surface area contributed by atoms with Crippen LogP contribution < -0.4 is 10.1 Å². The van der Waals surface area contributed by atoms with Gasteiger partial charge in [0.25, 0.3) is 0 Å². The van der Waals surface area contributed by atoms with Gasteiger partial charge in [-0.15, -0.1) is 0 Å². The van der Waals surface area contributed by atoms with Gasteiger partial charge in [-0.2, -0.15) is 4.31 Å². The fourth-order valence-corrected chi connectivity index (χ4v) is 5.09. The molecule has 3 aromatic rings. The van der Waals surface area contributed by atoms with Crippen molar-refractivity contribution in [1.82, 2.24) is 9.62 Å². The molecule has 6 nitrogen and oxygen atoms in total. The van der Waals surface area contributed by atoms with Crippen molar-refractivity contribution < 1.29 is 22.3 Å². The third-order valence-corrected chi connectivity index (χ3v) is 7.06. The Balaban J connectivity index is 1.89. The minimum Gasteiger partial charge on any atom is -0.495 e. The lowest BCUT2D eigenvalue weighted by atomic mass is 10.1. The van der Waals surface area contributed by atoms with Crippen molar-refractivity contribution in [3.8, 4) is 5.75 Å². The molecule has 0 aliphatic heterocycles. The number of sulfonamides is 1. The van der Waals surface area contributed by atoms with Crippen LogP contribution in [0.25, 0.3) is 0 Å². The third-order valence-electron chi connectivity index (χ3n) is 5.01. The molecule has 0 unspecified atom stereocenters. The van der Waals surface area contributed by atoms with Gasteiger partial charge in [0.1, 0.15) is 16.5 Å². The second-order valence-corrected chi connectivity index (χ2v) is 9.74. The molecule has 0 heterocycles. The lowest BCUT2D eigenvalue weighted by molar-refractivity contribution is -0.122. The fraction of sp³-hybridized carbons (Fsp3) is 0.208. The number of carbonyl (C=O) groups is 1. The number of benzene rings is 3. The molecule has 0 fully saturated rings. The molecular formula is C24H24ClFN2O4S. The maximum absolute atomic E-state index is 13.6. The monoisotopic (exact) mass is 490 g/mol. The van der Waals surface area contributed by atoms with Gasteiger partial charge in [0.2, 0.25) is 15.9 Å². The van der Waals surface area contributed by atoms with Gasteiger partial charge in [0, 0.05) is 11.6 Å². The predicted octanol–water partition coefficient (Wildman–Crippen LogP) is 4.56. The molecule has 3 rings (SSSR count). The van der Waals surface area contributed by atoms with Crippen molar-refractivity contribution in [3.05, 3.63) is 94.8 Å². The Kier molecular flexibility index (Phi) is 8.07. The lowest BCUT2D eigenvalue weighted by Gasteiger charge is -2.24. The Morgan fingerprint density at radius 1 is 1.09 bits per heavy atom. The lowest BCUT2D eigenvalue weighted by Crippen LogP contribution is -2.41. The first-order valence-corrected chi connectivity index (χ1v) is 11.9. The van der Waals surface area contributed by atoms with E-state index in [1.807, 2.05) is 6.07 Å². The van der Waals surface area contributed by atoms with E-state index in [2.05, 4.69) is 5.32 Å². The zero-order valence-electron chi connectivity index (χ0n) is 18.2. The van der Waals surface area contributed by atoms with Gasteiger partial charge in [-0.1, -0.05) is 54.1 Å². The summed E-state index contributed by atoms with van der Waals surface area (Å²) in [5.74, 6) is -0.766. The zero-order chi connectivity index (χ0) is 24.0. The summed E-state index contributed by atoms with van der Waals surface area (Å²) >= 11 is 6.05. The van der Waals surface area contributed by atoms with Crippen molar-refractivity contribution in [2.24, 2.45) is 0 Å². The molecule has 9 heteroatoms. The largest absolute Gasteiger partial charge is 0.495 e. The SMILES string of the molecule is COc1ccc(Cl)cc1S(=O)(=O)N(CC(=O)N[C@@H](C)c1ccc(F)cc1)Cc1ccccc1. The van der Waals surface area contributed by atoms with Gasteiger partial charge in [-0.05, 0) is 48.4 Å². The van der Waals surface area contributed by atoms with Crippen molar-refractivity contribution >= 4 is 27.5 Å². The number of hydrogen-bond acceptors (Lipinski definition) is 4. The molecule has 33 heavy (non-hydrogen) atoms. The fourth-order valence-electron chi connectivity index (χ4n) is 3.29. The molecule has 174 valence electrons. The maximum Gasteiger partial charge on any atom is 0.247 e. The minimum atomic E-state index is -4.15. The van der Waals surface area contributed by atoms with Crippen molar-refractivity contribution in [2.45, 2.75) is 24.4 Å². The van der Waals surface area contributed by atoms with Crippen LogP contribution in [-0.2, 0) is 21.4 Å². The number of ether oxygens (including phenoxy) is 1. The van der Waals surface area contributed by atoms with E-state index in [0.717, 1.165) is 4.31 Å². The number of methoxy groups -OCH3 is 1. The average Bonchev–Trinajstić information content (AvgIpc) is 2.79. The topological polar surface area (TPSA) is 75.7 Å². The van der Waals surface area contributed by atoms with Crippen LogP contribution in [0.3, 0.4) is 0 Å². The Labute approximate surface area is 198 Å². The normalized spacial score (nSPS) is 12.4. The summed E-state index contributed by atoms with van der Waals surface area (Å²) in [6.07, 6.45) is 0. The average molecular weight is 491 g/mol. The summed E-state index contributed by atoms with van der Waals surface area (Å²) in [7, 11) is -2.79. The predicted molar refractivity (Wildman–Crippen MR) is 125 cm³/mol. The maximum atomic E-state index is 13.6. The summed E-state index contributed by atoms with van der Waals surface area (Å²) in [4.78, 5) is 12.7. The number of carbonyl (C=O) groups excluding carboxylic acids is 1. The molecule has 0 saturated heterocycles. The van der Waals surface area contributed by atoms with Crippen LogP contribution in [0.5, 0.6) is 5.75 Å². The van der Waals surface area contributed by atoms with E-state index >= 15 is 0 Å². The highest BCUT2D eigenvalue weighted by atomic mass is 35.5. The van der Waals surface area contributed by atoms with E-state index in [0.29, 0.717) is 11.1 Å². The van der Waals surface area contributed by atoms with E-state index in [9.17, 15) is 17.6 Å². The summed E-state index contributed by atoms with van der Waals surface area (Å²) in [6, 6.07) is 18.5. The molecule has 0 bridgehead atoms. The Morgan fingerprint density at radius 2 is 1.76 bits per heavy atom. The van der Waals surface area contributed by atoms with Crippen LogP contribution in [-0.4, -0.2) is 32.3 Å². The quantitative estimate of drug-likeness (QED) is 0.477. The van der Waals surface area contributed by atoms with Gasteiger partial charge in [-0.3, -0.25) is 4.79 Å². The first-order chi connectivity index (χ1) is 15.7. The molecule has 0 radical (unpaired) electrons. The number of nitrogens with zero attached hydrogens (tertiary/aromatic N) is 1. The first kappa shape index (κ1) is 24.7. The Hall–Kier alpha value is -2.94. The molecule has 0 saturated carbocycles. The van der Waals surface area contributed by atoms with Crippen molar-refractivity contribution in [2.75, 3.05) is 13.7 Å². The third kappa shape index (κ3) is 6.31. The van der Waals surface area contributed by atoms with Gasteiger partial charge in [0.05, 0.1) is 19.7 Å². The van der Waals surface area contributed by atoms with Crippen LogP contribution in [0.15, 0.2) is 77.7 Å². The van der Waals surface area contributed by atoms with E-state index < -0.39 is 28.5 Å². The number of nitrogens with one attached hydrogen (secondary N) is 1. The van der Waals surface area contributed by atoms with E-state index in [1.165, 1.54) is 37.4 Å². The summed E-state index contributed by atoms with van der Waals surface area (Å²) < 4.78 is 46.6. The molecule has 1 amide bonds. The first-order valence-electron chi connectivity index (χ1n) is 10.1. The highest BCUT2D eigenvalue weighted by Gasteiger charge is 2.30. The van der Waals surface area contributed by atoms with Crippen LogP contribution in [0, 0.1) is 5.82 Å². The minimum absolute atomic E-state index is 0.0306. The summed E-state index contributed by atoms with van der Waals surface area (Å²) in [5, 5.41) is 3.00. The van der Waals surface area contributed by atoms with E-state index in [-0.39, 0.29) is 28.0 Å². The second kappa shape index (κ2) is 10.8. The van der Waals surface area contributed by atoms with Crippen molar-refractivity contribution in [3.63, 3.8) is 0 Å². The molecule has 0 aromatic heterocycles. The van der Waals surface area contributed by atoms with Gasteiger partial charge in [-0.25, -0.2) is 12.8 Å². The van der Waals surface area contributed by atoms with Gasteiger partial charge in [0.15, 0.2) is 0 Å². The molecule has 1 atom stereocenters. The number of hydrogen-bond donors (Lipinski definition) is 1. The van der Waals surface area contributed by atoms with Gasteiger partial charge >= 0.3 is 0 Å². The smallest absolute Gasteiger partial charge is 0.247 e. The highest BCUT2D eigenvalue weighted by molar-refractivity contribution is 7.89. The molecule has 1 N–H and O–H groups in total. The van der Waals surface area contributed by atoms with Crippen LogP contribution >= 0.6 is 11.6 Å². The molecule has 0 aliphatic carbocycles. The standard InChI is InChI=1S/C24H24ClFN2O4S/c1-17(19-8-11-21(26)12-9-19)27-24(29)16-28(15-18-6-4-3-5-7-18)33(30,31)23-14-20(25)10-13-22(23)32-2/h3-14,17H,15-16H2,1-2H3,(H,27,29)/t17-/m0/s1. The zero-order valence-corrected chi connectivity index (χ0v) is 19.7. The summed E-state index contributed by atoms with van der Waals surface area (Å²) in [5.41, 5.74) is 1.40. The summed E-state index contributed by atoms with van der Waals surface area (Å²) in [6.45, 7) is 1.27. The Morgan fingerprint density at radius 3 is 2.39 bits per heavy atom. The van der Waals surface area contributed by atoms with Crippen LogP contribution in [0.2, 0.25) is 5.02 Å². The van der Waals surface area contributed by atoms with Crippen LogP contribution in [0.4, 0.5) is 4.39 Å². The molecular weight excluding hydrogens is 467 g/mol. The number of amides is 1. The highest BCUT2D eigenvalue weighted by Crippen LogP contribution is 2.30. The van der Waals surface area contributed by atoms with E-state index in [4.69, 9.17) is 16.3 Å². The molecule has 3 aromatic carbocycles. The molecule has 0 aliphatic rings. The Bertz CT molecular complexity index is 1200. The van der Waals surface area contributed by atoms with Gasteiger partial charge < -0.3 is 10.1 Å². The number of halogens is 2. The molecule has 0 spiro atoms. The van der Waals surface area contributed by atoms with Crippen molar-refractivity contribution in [1.29, 1.82) is 0 Å². The second-order valence-electron chi connectivity index (χ2n) is 7.39.